The lowest BCUT2D eigenvalue weighted by molar-refractivity contribution is -0.143. The van der Waals surface area contributed by atoms with Crippen LogP contribution in [0.3, 0.4) is 0 Å². The van der Waals surface area contributed by atoms with Gasteiger partial charge in [-0.1, -0.05) is 0 Å². The first-order chi connectivity index (χ1) is 27.2. The topological polar surface area (TPSA) is 203 Å². The maximum absolute atomic E-state index is 14.8. The molecule has 0 aliphatic rings. The Balaban J connectivity index is 1.94. The van der Waals surface area contributed by atoms with Gasteiger partial charge >= 0.3 is 11.9 Å². The standard InChI is InChI=1S/C42H44O16/c1-20(43)22-12-24-36(46)33-29(15-30(55-19-51-11)38(57-40(48)41(3,4)5)34(33)39(47)58-42(6,7)8)56-37(24)31(21(2)44)32(22)25-16-52-26-14-28(54-18-50-10)27(53-17-49-9)13-23(26)35(25)45/h12-16H,17-19H2,1-11H3. The third-order valence-corrected chi connectivity index (χ3v) is 8.42. The smallest absolute Gasteiger partial charge is 0.343 e. The molecular weight excluding hydrogens is 760 g/mol. The second-order valence-corrected chi connectivity index (χ2v) is 15.1. The Morgan fingerprint density at radius 3 is 1.78 bits per heavy atom. The quantitative estimate of drug-likeness (QED) is 0.0365. The van der Waals surface area contributed by atoms with Gasteiger partial charge in [0.25, 0.3) is 0 Å². The third kappa shape index (κ3) is 8.58. The van der Waals surface area contributed by atoms with Gasteiger partial charge in [0.2, 0.25) is 10.9 Å². The minimum absolute atomic E-state index is 0.0169. The summed E-state index contributed by atoms with van der Waals surface area (Å²) in [6, 6.07) is 5.13. The van der Waals surface area contributed by atoms with Gasteiger partial charge in [-0.25, -0.2) is 4.79 Å². The summed E-state index contributed by atoms with van der Waals surface area (Å²) in [6.07, 6.45) is 1.08. The van der Waals surface area contributed by atoms with E-state index in [0.717, 1.165) is 12.3 Å². The molecule has 2 heterocycles. The highest BCUT2D eigenvalue weighted by molar-refractivity contribution is 6.18. The molecule has 308 valence electrons. The molecule has 0 fully saturated rings. The molecule has 0 aliphatic heterocycles. The summed E-state index contributed by atoms with van der Waals surface area (Å²) in [5.41, 5.74) is -5.75. The summed E-state index contributed by atoms with van der Waals surface area (Å²) in [5.74, 6) is -3.60. The predicted molar refractivity (Wildman–Crippen MR) is 209 cm³/mol. The van der Waals surface area contributed by atoms with Crippen LogP contribution in [0.4, 0.5) is 0 Å². The maximum Gasteiger partial charge on any atom is 0.343 e. The van der Waals surface area contributed by atoms with Crippen LogP contribution in [-0.2, 0) is 23.7 Å². The molecule has 0 bridgehead atoms. The van der Waals surface area contributed by atoms with Gasteiger partial charge in [-0.15, -0.1) is 0 Å². The largest absolute Gasteiger partial charge is 0.464 e. The van der Waals surface area contributed by atoms with Gasteiger partial charge in [-0.3, -0.25) is 24.0 Å². The van der Waals surface area contributed by atoms with Crippen molar-refractivity contribution in [3.05, 3.63) is 67.7 Å². The van der Waals surface area contributed by atoms with Crippen molar-refractivity contribution in [2.45, 2.75) is 61.0 Å². The summed E-state index contributed by atoms with van der Waals surface area (Å²) in [6.45, 7) is 11.2. The number of esters is 2. The fourth-order valence-electron chi connectivity index (χ4n) is 5.88. The van der Waals surface area contributed by atoms with Crippen LogP contribution in [0.15, 0.2) is 49.0 Å². The number of benzene rings is 3. The number of Topliss-reactive ketones (excluding diaryl/α,β-unsaturated/α-hetero) is 2. The average molecular weight is 805 g/mol. The van der Waals surface area contributed by atoms with Crippen molar-refractivity contribution < 1.29 is 65.9 Å². The van der Waals surface area contributed by atoms with E-state index in [1.165, 1.54) is 53.4 Å². The SMILES string of the molecule is COCOc1cc2occ(-c3c(C(C)=O)cc4c(=O)c5c(C(=O)OC(C)(C)C)c(OC(=O)C(C)(C)C)c(OCOC)cc5oc4c3C(C)=O)c(=O)c2cc1OCOC. The zero-order valence-corrected chi connectivity index (χ0v) is 34.0. The molecule has 16 nitrogen and oxygen atoms in total. The molecule has 58 heavy (non-hydrogen) atoms. The lowest BCUT2D eigenvalue weighted by Gasteiger charge is -2.24. The van der Waals surface area contributed by atoms with E-state index < -0.39 is 68.9 Å². The van der Waals surface area contributed by atoms with E-state index in [2.05, 4.69) is 0 Å². The van der Waals surface area contributed by atoms with Crippen LogP contribution < -0.4 is 29.8 Å². The molecule has 5 aromatic rings. The first kappa shape index (κ1) is 43.0. The van der Waals surface area contributed by atoms with E-state index in [4.69, 9.17) is 46.7 Å². The molecule has 0 N–H and O–H groups in total. The van der Waals surface area contributed by atoms with Crippen LogP contribution in [-0.4, -0.2) is 70.8 Å². The van der Waals surface area contributed by atoms with E-state index in [-0.39, 0.29) is 80.6 Å². The second-order valence-electron chi connectivity index (χ2n) is 15.1. The number of methoxy groups -OCH3 is 3. The molecule has 0 amide bonds. The normalized spacial score (nSPS) is 11.8. The molecule has 0 radical (unpaired) electrons. The Labute approximate surface area is 331 Å². The molecule has 2 aromatic heterocycles. The molecular formula is C42H44O16. The maximum atomic E-state index is 14.8. The number of ether oxygens (including phenoxy) is 8. The fourth-order valence-corrected chi connectivity index (χ4v) is 5.88. The van der Waals surface area contributed by atoms with Gasteiger partial charge in [0, 0.05) is 44.6 Å². The van der Waals surface area contributed by atoms with Crippen molar-refractivity contribution >= 4 is 56.4 Å². The van der Waals surface area contributed by atoms with Crippen LogP contribution in [0.5, 0.6) is 23.0 Å². The highest BCUT2D eigenvalue weighted by atomic mass is 16.7. The number of carbonyl (C=O) groups is 4. The Morgan fingerprint density at radius 1 is 0.672 bits per heavy atom. The molecule has 0 spiro atoms. The summed E-state index contributed by atoms with van der Waals surface area (Å²) in [7, 11) is 4.17. The van der Waals surface area contributed by atoms with E-state index in [0.29, 0.717) is 0 Å². The van der Waals surface area contributed by atoms with E-state index in [9.17, 15) is 28.8 Å². The zero-order chi connectivity index (χ0) is 42.9. The molecule has 0 saturated heterocycles. The van der Waals surface area contributed by atoms with Gasteiger partial charge in [0.1, 0.15) is 34.2 Å². The summed E-state index contributed by atoms with van der Waals surface area (Å²) < 4.78 is 55.8. The molecule has 3 aromatic carbocycles. The number of fused-ring (bicyclic) bond motifs is 3. The molecule has 0 atom stereocenters. The monoisotopic (exact) mass is 804 g/mol. The lowest BCUT2D eigenvalue weighted by atomic mass is 9.88. The number of carbonyl (C=O) groups excluding carboxylic acids is 4. The van der Waals surface area contributed by atoms with Crippen molar-refractivity contribution in [2.75, 3.05) is 41.7 Å². The van der Waals surface area contributed by atoms with Gasteiger partial charge in [-0.05, 0) is 67.5 Å². The lowest BCUT2D eigenvalue weighted by Crippen LogP contribution is -2.29. The number of rotatable bonds is 14. The molecule has 16 heteroatoms. The van der Waals surface area contributed by atoms with Crippen LogP contribution in [0.25, 0.3) is 44.0 Å². The van der Waals surface area contributed by atoms with Crippen molar-refractivity contribution in [1.82, 2.24) is 0 Å². The second kappa shape index (κ2) is 16.8. The average Bonchev–Trinajstić information content (AvgIpc) is 3.13. The van der Waals surface area contributed by atoms with E-state index >= 15 is 0 Å². The first-order valence-corrected chi connectivity index (χ1v) is 17.8. The fraction of sp³-hybridized carbons (Fsp3) is 0.381. The highest BCUT2D eigenvalue weighted by Crippen LogP contribution is 2.42. The number of hydrogen-bond donors (Lipinski definition) is 0. The van der Waals surface area contributed by atoms with E-state index in [1.807, 2.05) is 0 Å². The third-order valence-electron chi connectivity index (χ3n) is 8.42. The van der Waals surface area contributed by atoms with Crippen LogP contribution in [0, 0.1) is 5.41 Å². The van der Waals surface area contributed by atoms with E-state index in [1.54, 1.807) is 41.5 Å². The van der Waals surface area contributed by atoms with Gasteiger partial charge < -0.3 is 46.7 Å². The number of ketones is 2. The predicted octanol–water partition coefficient (Wildman–Crippen LogP) is 6.98. The Bertz CT molecular complexity index is 2580. The van der Waals surface area contributed by atoms with Crippen LogP contribution in [0.1, 0.15) is 86.5 Å². The number of hydrogen-bond acceptors (Lipinski definition) is 16. The molecule has 0 aliphatic carbocycles. The molecule has 0 saturated carbocycles. The first-order valence-electron chi connectivity index (χ1n) is 17.8. The van der Waals surface area contributed by atoms with Crippen molar-refractivity contribution in [2.24, 2.45) is 5.41 Å². The molecule has 0 unspecified atom stereocenters. The highest BCUT2D eigenvalue weighted by Gasteiger charge is 2.35. The van der Waals surface area contributed by atoms with Crippen LogP contribution >= 0.6 is 0 Å². The van der Waals surface area contributed by atoms with Crippen molar-refractivity contribution in [1.29, 1.82) is 0 Å². The summed E-state index contributed by atoms with van der Waals surface area (Å²) >= 11 is 0. The Kier molecular flexibility index (Phi) is 12.5. The minimum atomic E-state index is -1.09. The molecule has 5 rings (SSSR count). The van der Waals surface area contributed by atoms with Gasteiger partial charge in [-0.2, -0.15) is 0 Å². The van der Waals surface area contributed by atoms with Crippen molar-refractivity contribution in [3.63, 3.8) is 0 Å². The van der Waals surface area contributed by atoms with Gasteiger partial charge in [0.15, 0.2) is 54.9 Å². The Hall–Kier alpha value is -6.10. The summed E-state index contributed by atoms with van der Waals surface area (Å²) in [4.78, 5) is 83.7. The van der Waals surface area contributed by atoms with Crippen molar-refractivity contribution in [3.8, 4) is 34.1 Å². The summed E-state index contributed by atoms with van der Waals surface area (Å²) in [5, 5.41) is -0.729. The zero-order valence-electron chi connectivity index (χ0n) is 34.0. The minimum Gasteiger partial charge on any atom is -0.464 e. The van der Waals surface area contributed by atoms with Gasteiger partial charge in [0.05, 0.1) is 32.7 Å². The Morgan fingerprint density at radius 2 is 1.24 bits per heavy atom. The van der Waals surface area contributed by atoms with Crippen LogP contribution in [0.2, 0.25) is 0 Å².